The van der Waals surface area contributed by atoms with Crippen molar-refractivity contribution in [3.8, 4) is 0 Å². The first-order chi connectivity index (χ1) is 5.81. The molecular weight excluding hydrogens is 176 g/mol. The van der Waals surface area contributed by atoms with Crippen molar-refractivity contribution in [1.29, 1.82) is 0 Å². The number of hydrogen-bond acceptors (Lipinski definition) is 1. The van der Waals surface area contributed by atoms with E-state index in [4.69, 9.17) is 11.6 Å². The van der Waals surface area contributed by atoms with Gasteiger partial charge in [-0.25, -0.2) is 0 Å². The van der Waals surface area contributed by atoms with Gasteiger partial charge in [0.25, 0.3) is 5.56 Å². The minimum Gasteiger partial charge on any atom is -0.342 e. The van der Waals surface area contributed by atoms with Crippen LogP contribution in [0.4, 0.5) is 0 Å². The normalized spacial score (nSPS) is 10.8. The second-order valence-electron chi connectivity index (χ2n) is 2.53. The molecule has 0 aromatic carbocycles. The number of alkyl halides is 1. The Kier molecular flexibility index (Phi) is 1.66. The minimum atomic E-state index is -0.0416. The van der Waals surface area contributed by atoms with Gasteiger partial charge in [0.1, 0.15) is 5.65 Å². The highest BCUT2D eigenvalue weighted by atomic mass is 35.5. The summed E-state index contributed by atoms with van der Waals surface area (Å²) in [6.07, 6.45) is 1.71. The Morgan fingerprint density at radius 3 is 3.00 bits per heavy atom. The van der Waals surface area contributed by atoms with Crippen LogP contribution >= 0.6 is 11.6 Å². The van der Waals surface area contributed by atoms with Crippen molar-refractivity contribution in [2.45, 2.75) is 5.88 Å². The Labute approximate surface area is 73.6 Å². The Bertz CT molecular complexity index is 457. The summed E-state index contributed by atoms with van der Waals surface area (Å²) in [6, 6.07) is 5.06. The number of aromatic amines is 1. The van der Waals surface area contributed by atoms with Crippen LogP contribution in [0.5, 0.6) is 0 Å². The first-order valence-corrected chi connectivity index (χ1v) is 4.10. The SMILES string of the molecule is O=c1cccc2[nH]c(CCl)cn12. The molecule has 4 heteroatoms. The van der Waals surface area contributed by atoms with E-state index < -0.39 is 0 Å². The Morgan fingerprint density at radius 1 is 1.50 bits per heavy atom. The summed E-state index contributed by atoms with van der Waals surface area (Å²) in [5.74, 6) is 0.390. The van der Waals surface area contributed by atoms with Gasteiger partial charge in [-0.2, -0.15) is 0 Å². The number of nitrogens with one attached hydrogen (secondary N) is 1. The molecule has 12 heavy (non-hydrogen) atoms. The summed E-state index contributed by atoms with van der Waals surface area (Å²) in [4.78, 5) is 14.2. The van der Waals surface area contributed by atoms with Crippen LogP contribution in [0.3, 0.4) is 0 Å². The molecular formula is C8H7ClN2O. The number of fused-ring (bicyclic) bond motifs is 1. The minimum absolute atomic E-state index is 0.0416. The van der Waals surface area contributed by atoms with Crippen molar-refractivity contribution in [3.63, 3.8) is 0 Å². The lowest BCUT2D eigenvalue weighted by Gasteiger charge is -1.87. The number of imidazole rings is 1. The maximum atomic E-state index is 11.2. The van der Waals surface area contributed by atoms with E-state index in [9.17, 15) is 4.79 Å². The summed E-state index contributed by atoms with van der Waals surface area (Å²) in [5, 5.41) is 0. The Morgan fingerprint density at radius 2 is 2.33 bits per heavy atom. The van der Waals surface area contributed by atoms with Gasteiger partial charge in [0, 0.05) is 18.0 Å². The average molecular weight is 183 g/mol. The van der Waals surface area contributed by atoms with E-state index in [0.29, 0.717) is 5.88 Å². The molecule has 0 aliphatic heterocycles. The summed E-state index contributed by atoms with van der Waals surface area (Å²) < 4.78 is 1.54. The zero-order chi connectivity index (χ0) is 8.55. The number of nitrogens with zero attached hydrogens (tertiary/aromatic N) is 1. The summed E-state index contributed by atoms with van der Waals surface area (Å²) >= 11 is 5.60. The fourth-order valence-electron chi connectivity index (χ4n) is 1.16. The van der Waals surface area contributed by atoms with Crippen LogP contribution in [0.25, 0.3) is 5.65 Å². The molecule has 0 bridgehead atoms. The van der Waals surface area contributed by atoms with Crippen LogP contribution in [-0.4, -0.2) is 9.38 Å². The highest BCUT2D eigenvalue weighted by molar-refractivity contribution is 6.16. The lowest BCUT2D eigenvalue weighted by Crippen LogP contribution is -2.08. The molecule has 0 saturated carbocycles. The quantitative estimate of drug-likeness (QED) is 0.665. The summed E-state index contributed by atoms with van der Waals surface area (Å²) in [5.41, 5.74) is 1.58. The zero-order valence-electron chi connectivity index (χ0n) is 6.25. The Balaban J connectivity index is 2.83. The largest absolute Gasteiger partial charge is 0.342 e. The molecule has 2 heterocycles. The summed E-state index contributed by atoms with van der Waals surface area (Å²) in [6.45, 7) is 0. The number of hydrogen-bond donors (Lipinski definition) is 1. The second-order valence-corrected chi connectivity index (χ2v) is 2.80. The van der Waals surface area contributed by atoms with Crippen LogP contribution < -0.4 is 5.56 Å². The predicted octanol–water partition coefficient (Wildman–Crippen LogP) is 1.37. The van der Waals surface area contributed by atoms with Crippen molar-refractivity contribution in [3.05, 3.63) is 40.4 Å². The lowest BCUT2D eigenvalue weighted by molar-refractivity contribution is 1.11. The van der Waals surface area contributed by atoms with E-state index in [2.05, 4.69) is 4.98 Å². The number of rotatable bonds is 1. The smallest absolute Gasteiger partial charge is 0.256 e. The van der Waals surface area contributed by atoms with E-state index in [0.717, 1.165) is 11.3 Å². The van der Waals surface area contributed by atoms with E-state index in [-0.39, 0.29) is 5.56 Å². The zero-order valence-corrected chi connectivity index (χ0v) is 7.01. The molecule has 2 aromatic heterocycles. The van der Waals surface area contributed by atoms with Crippen LogP contribution in [0.2, 0.25) is 0 Å². The first-order valence-electron chi connectivity index (χ1n) is 3.56. The van der Waals surface area contributed by atoms with Gasteiger partial charge in [-0.15, -0.1) is 11.6 Å². The third kappa shape index (κ3) is 1.02. The van der Waals surface area contributed by atoms with Crippen molar-refractivity contribution < 1.29 is 0 Å². The molecule has 62 valence electrons. The van der Waals surface area contributed by atoms with Gasteiger partial charge in [0.2, 0.25) is 0 Å². The van der Waals surface area contributed by atoms with Gasteiger partial charge >= 0.3 is 0 Å². The number of aromatic nitrogens is 2. The van der Waals surface area contributed by atoms with Crippen molar-refractivity contribution in [2.75, 3.05) is 0 Å². The molecule has 2 aromatic rings. The highest BCUT2D eigenvalue weighted by Crippen LogP contribution is 2.03. The van der Waals surface area contributed by atoms with Crippen molar-refractivity contribution in [2.24, 2.45) is 0 Å². The standard InChI is InChI=1S/C8H7ClN2O/c9-4-6-5-11-7(10-6)2-1-3-8(11)12/h1-3,5,10H,4H2. The molecule has 3 nitrogen and oxygen atoms in total. The number of pyridine rings is 1. The highest BCUT2D eigenvalue weighted by Gasteiger charge is 1.98. The number of halogens is 1. The molecule has 0 aliphatic rings. The maximum Gasteiger partial charge on any atom is 0.256 e. The van der Waals surface area contributed by atoms with E-state index in [1.807, 2.05) is 6.07 Å². The fourth-order valence-corrected chi connectivity index (χ4v) is 1.29. The molecule has 0 aliphatic carbocycles. The van der Waals surface area contributed by atoms with E-state index >= 15 is 0 Å². The second kappa shape index (κ2) is 2.68. The summed E-state index contributed by atoms with van der Waals surface area (Å²) in [7, 11) is 0. The fraction of sp³-hybridized carbons (Fsp3) is 0.125. The van der Waals surface area contributed by atoms with E-state index in [1.54, 1.807) is 12.3 Å². The molecule has 2 rings (SSSR count). The molecule has 1 N–H and O–H groups in total. The maximum absolute atomic E-state index is 11.2. The average Bonchev–Trinajstić information content (AvgIpc) is 2.49. The van der Waals surface area contributed by atoms with Gasteiger partial charge in [0.15, 0.2) is 0 Å². The van der Waals surface area contributed by atoms with Crippen LogP contribution in [0, 0.1) is 0 Å². The van der Waals surface area contributed by atoms with Crippen LogP contribution in [-0.2, 0) is 5.88 Å². The van der Waals surface area contributed by atoms with Gasteiger partial charge in [-0.05, 0) is 6.07 Å². The van der Waals surface area contributed by atoms with Crippen LogP contribution in [0.15, 0.2) is 29.2 Å². The van der Waals surface area contributed by atoms with E-state index in [1.165, 1.54) is 10.5 Å². The molecule has 0 atom stereocenters. The molecule has 0 unspecified atom stereocenters. The van der Waals surface area contributed by atoms with Gasteiger partial charge in [-0.1, -0.05) is 6.07 Å². The molecule has 0 radical (unpaired) electrons. The van der Waals surface area contributed by atoms with Crippen molar-refractivity contribution >= 4 is 17.2 Å². The molecule has 0 spiro atoms. The predicted molar refractivity (Wildman–Crippen MR) is 47.6 cm³/mol. The number of H-pyrrole nitrogens is 1. The van der Waals surface area contributed by atoms with Gasteiger partial charge in [0.05, 0.1) is 5.88 Å². The van der Waals surface area contributed by atoms with Crippen LogP contribution in [0.1, 0.15) is 5.69 Å². The van der Waals surface area contributed by atoms with Crippen molar-refractivity contribution in [1.82, 2.24) is 9.38 Å². The third-order valence-electron chi connectivity index (χ3n) is 1.71. The van der Waals surface area contributed by atoms with Gasteiger partial charge in [-0.3, -0.25) is 9.20 Å². The Hall–Kier alpha value is -1.22. The topological polar surface area (TPSA) is 37.3 Å². The molecule has 0 saturated heterocycles. The first kappa shape index (κ1) is 7.43. The lowest BCUT2D eigenvalue weighted by atomic mass is 10.5. The molecule has 0 fully saturated rings. The van der Waals surface area contributed by atoms with Gasteiger partial charge < -0.3 is 4.98 Å². The molecule has 0 amide bonds. The third-order valence-corrected chi connectivity index (χ3v) is 2.00. The monoisotopic (exact) mass is 182 g/mol.